The highest BCUT2D eigenvalue weighted by Gasteiger charge is 2.32. The molecule has 0 aliphatic heterocycles. The smallest absolute Gasteiger partial charge is 0.243 e. The Balaban J connectivity index is 1.93. The number of aryl methyl sites for hydroxylation is 2. The Morgan fingerprint density at radius 1 is 0.886 bits per heavy atom. The van der Waals surface area contributed by atoms with Crippen molar-refractivity contribution in [2.24, 2.45) is 0 Å². The number of amides is 2. The lowest BCUT2D eigenvalue weighted by atomic mass is 10.00. The molecular formula is C30H36N2O2S. The van der Waals surface area contributed by atoms with E-state index in [-0.39, 0.29) is 17.6 Å². The van der Waals surface area contributed by atoms with Crippen molar-refractivity contribution in [1.82, 2.24) is 10.2 Å². The Kier molecular flexibility index (Phi) is 9.16. The van der Waals surface area contributed by atoms with Gasteiger partial charge in [0.2, 0.25) is 11.8 Å². The SMILES string of the molecule is Cc1ccc(SCC(=O)N(Cc2ccccc2C)[C@@H](Cc2ccccc2)C(=O)NC(C)(C)C)cc1. The van der Waals surface area contributed by atoms with Crippen LogP contribution in [0.1, 0.15) is 43.0 Å². The van der Waals surface area contributed by atoms with E-state index in [0.717, 1.165) is 21.6 Å². The van der Waals surface area contributed by atoms with Crippen molar-refractivity contribution >= 4 is 23.6 Å². The predicted octanol–water partition coefficient (Wildman–Crippen LogP) is 5.95. The van der Waals surface area contributed by atoms with E-state index in [1.165, 1.54) is 17.3 Å². The molecular weight excluding hydrogens is 452 g/mol. The summed E-state index contributed by atoms with van der Waals surface area (Å²) in [4.78, 5) is 30.1. The van der Waals surface area contributed by atoms with Crippen molar-refractivity contribution in [3.05, 3.63) is 101 Å². The van der Waals surface area contributed by atoms with E-state index < -0.39 is 11.6 Å². The molecule has 0 saturated heterocycles. The molecule has 0 aromatic heterocycles. The summed E-state index contributed by atoms with van der Waals surface area (Å²) in [6.07, 6.45) is 0.454. The third-order valence-electron chi connectivity index (χ3n) is 5.75. The van der Waals surface area contributed by atoms with Gasteiger partial charge in [-0.25, -0.2) is 0 Å². The molecule has 3 aromatic rings. The van der Waals surface area contributed by atoms with Crippen LogP contribution < -0.4 is 5.32 Å². The molecule has 35 heavy (non-hydrogen) atoms. The summed E-state index contributed by atoms with van der Waals surface area (Å²) in [5, 5.41) is 3.12. The maximum atomic E-state index is 13.7. The van der Waals surface area contributed by atoms with Gasteiger partial charge in [0.05, 0.1) is 5.75 Å². The molecule has 3 rings (SSSR count). The summed E-state index contributed by atoms with van der Waals surface area (Å²) in [6, 6.07) is 25.5. The van der Waals surface area contributed by atoms with E-state index in [9.17, 15) is 9.59 Å². The van der Waals surface area contributed by atoms with E-state index in [0.29, 0.717) is 13.0 Å². The summed E-state index contributed by atoms with van der Waals surface area (Å²) < 4.78 is 0. The second-order valence-electron chi connectivity index (χ2n) is 9.99. The van der Waals surface area contributed by atoms with Gasteiger partial charge in [-0.3, -0.25) is 9.59 Å². The van der Waals surface area contributed by atoms with Gasteiger partial charge < -0.3 is 10.2 Å². The van der Waals surface area contributed by atoms with E-state index in [2.05, 4.69) is 5.32 Å². The van der Waals surface area contributed by atoms with Gasteiger partial charge in [0.25, 0.3) is 0 Å². The third-order valence-corrected chi connectivity index (χ3v) is 6.75. The fraction of sp³-hybridized carbons (Fsp3) is 0.333. The van der Waals surface area contributed by atoms with Crippen LogP contribution in [0.3, 0.4) is 0 Å². The van der Waals surface area contributed by atoms with Crippen LogP contribution in [0.2, 0.25) is 0 Å². The van der Waals surface area contributed by atoms with Crippen molar-refractivity contribution in [2.45, 2.75) is 64.1 Å². The molecule has 1 atom stereocenters. The number of carbonyl (C=O) groups is 2. The number of benzene rings is 3. The van der Waals surface area contributed by atoms with Gasteiger partial charge in [-0.05, 0) is 63.4 Å². The Bertz CT molecular complexity index is 1120. The average molecular weight is 489 g/mol. The summed E-state index contributed by atoms with van der Waals surface area (Å²) in [7, 11) is 0. The maximum Gasteiger partial charge on any atom is 0.243 e. The standard InChI is InChI=1S/C30H36N2O2S/c1-22-15-17-26(18-16-22)35-21-28(33)32(20-25-14-10-9-11-23(25)2)27(29(34)31-30(3,4)5)19-24-12-7-6-8-13-24/h6-18,27H,19-21H2,1-5H3,(H,31,34)/t27-/m0/s1. The van der Waals surface area contributed by atoms with Crippen LogP contribution in [0.25, 0.3) is 0 Å². The molecule has 2 amide bonds. The Hall–Kier alpha value is -3.05. The van der Waals surface area contributed by atoms with Gasteiger partial charge in [-0.15, -0.1) is 11.8 Å². The minimum Gasteiger partial charge on any atom is -0.350 e. The number of nitrogens with zero attached hydrogens (tertiary/aromatic N) is 1. The van der Waals surface area contributed by atoms with Crippen molar-refractivity contribution in [2.75, 3.05) is 5.75 Å². The number of hydrogen-bond donors (Lipinski definition) is 1. The van der Waals surface area contributed by atoms with Gasteiger partial charge in [0.1, 0.15) is 6.04 Å². The Morgan fingerprint density at radius 3 is 2.14 bits per heavy atom. The van der Waals surface area contributed by atoms with Crippen LogP contribution in [-0.4, -0.2) is 34.0 Å². The maximum absolute atomic E-state index is 13.7. The normalized spacial score (nSPS) is 12.1. The monoisotopic (exact) mass is 488 g/mol. The Morgan fingerprint density at radius 2 is 1.51 bits per heavy atom. The molecule has 0 aliphatic carbocycles. The highest BCUT2D eigenvalue weighted by Crippen LogP contribution is 2.22. The fourth-order valence-electron chi connectivity index (χ4n) is 3.84. The van der Waals surface area contributed by atoms with Gasteiger partial charge in [0.15, 0.2) is 0 Å². The number of thioether (sulfide) groups is 1. The van der Waals surface area contributed by atoms with Crippen molar-refractivity contribution in [1.29, 1.82) is 0 Å². The van der Waals surface area contributed by atoms with Gasteiger partial charge in [-0.2, -0.15) is 0 Å². The first-order chi connectivity index (χ1) is 16.6. The second-order valence-corrected chi connectivity index (χ2v) is 11.0. The Labute approximate surface area is 214 Å². The molecule has 0 saturated carbocycles. The van der Waals surface area contributed by atoms with Crippen LogP contribution >= 0.6 is 11.8 Å². The van der Waals surface area contributed by atoms with Crippen molar-refractivity contribution in [3.8, 4) is 0 Å². The minimum absolute atomic E-state index is 0.0520. The first-order valence-corrected chi connectivity index (χ1v) is 13.0. The van der Waals surface area contributed by atoms with Crippen LogP contribution in [-0.2, 0) is 22.6 Å². The molecule has 0 radical (unpaired) electrons. The van der Waals surface area contributed by atoms with Gasteiger partial charge in [0, 0.05) is 23.4 Å². The summed E-state index contributed by atoms with van der Waals surface area (Å²) in [6.45, 7) is 10.4. The van der Waals surface area contributed by atoms with Crippen LogP contribution in [0, 0.1) is 13.8 Å². The highest BCUT2D eigenvalue weighted by atomic mass is 32.2. The van der Waals surface area contributed by atoms with E-state index in [1.54, 1.807) is 4.90 Å². The molecule has 4 nitrogen and oxygen atoms in total. The molecule has 0 heterocycles. The molecule has 184 valence electrons. The first-order valence-electron chi connectivity index (χ1n) is 12.0. The third kappa shape index (κ3) is 8.29. The lowest BCUT2D eigenvalue weighted by Crippen LogP contribution is -2.54. The molecule has 0 bridgehead atoms. The molecule has 0 fully saturated rings. The lowest BCUT2D eigenvalue weighted by Gasteiger charge is -2.34. The summed E-state index contributed by atoms with van der Waals surface area (Å²) in [5.74, 6) is 0.0793. The largest absolute Gasteiger partial charge is 0.350 e. The quantitative estimate of drug-likeness (QED) is 0.379. The second kappa shape index (κ2) is 12.1. The van der Waals surface area contributed by atoms with E-state index in [1.807, 2.05) is 113 Å². The molecule has 3 aromatic carbocycles. The number of nitrogens with one attached hydrogen (secondary N) is 1. The fourth-order valence-corrected chi connectivity index (χ4v) is 4.62. The van der Waals surface area contributed by atoms with E-state index in [4.69, 9.17) is 0 Å². The zero-order valence-electron chi connectivity index (χ0n) is 21.4. The van der Waals surface area contributed by atoms with Gasteiger partial charge >= 0.3 is 0 Å². The zero-order chi connectivity index (χ0) is 25.4. The first kappa shape index (κ1) is 26.6. The van der Waals surface area contributed by atoms with Crippen LogP contribution in [0.15, 0.2) is 83.8 Å². The predicted molar refractivity (Wildman–Crippen MR) is 145 cm³/mol. The van der Waals surface area contributed by atoms with Crippen LogP contribution in [0.4, 0.5) is 0 Å². The zero-order valence-corrected chi connectivity index (χ0v) is 22.2. The molecule has 0 aliphatic rings. The topological polar surface area (TPSA) is 49.4 Å². The van der Waals surface area contributed by atoms with Gasteiger partial charge in [-0.1, -0.05) is 72.3 Å². The highest BCUT2D eigenvalue weighted by molar-refractivity contribution is 8.00. The summed E-state index contributed by atoms with van der Waals surface area (Å²) >= 11 is 1.51. The average Bonchev–Trinajstić information content (AvgIpc) is 2.81. The minimum atomic E-state index is -0.623. The number of hydrogen-bond acceptors (Lipinski definition) is 3. The molecule has 0 unspecified atom stereocenters. The molecule has 5 heteroatoms. The summed E-state index contributed by atoms with van der Waals surface area (Å²) in [5.41, 5.74) is 3.95. The van der Waals surface area contributed by atoms with Crippen molar-refractivity contribution in [3.63, 3.8) is 0 Å². The molecule has 1 N–H and O–H groups in total. The lowest BCUT2D eigenvalue weighted by molar-refractivity contribution is -0.140. The number of carbonyl (C=O) groups excluding carboxylic acids is 2. The van der Waals surface area contributed by atoms with Crippen LogP contribution in [0.5, 0.6) is 0 Å². The molecule has 0 spiro atoms. The number of rotatable bonds is 9. The van der Waals surface area contributed by atoms with Crippen molar-refractivity contribution < 1.29 is 9.59 Å². The van der Waals surface area contributed by atoms with E-state index >= 15 is 0 Å².